The number of phenols is 1. The Morgan fingerprint density at radius 3 is 2.39 bits per heavy atom. The molecular formula is C16H14IN3O3. The van der Waals surface area contributed by atoms with E-state index >= 15 is 0 Å². The van der Waals surface area contributed by atoms with Crippen LogP contribution in [0.2, 0.25) is 0 Å². The van der Waals surface area contributed by atoms with Crippen molar-refractivity contribution < 1.29 is 14.6 Å². The highest BCUT2D eigenvalue weighted by molar-refractivity contribution is 14.1. The van der Waals surface area contributed by atoms with Crippen LogP contribution < -0.4 is 15.2 Å². The second-order valence-corrected chi connectivity index (χ2v) is 5.98. The van der Waals surface area contributed by atoms with Gasteiger partial charge in [-0.05, 0) is 46.9 Å². The first-order chi connectivity index (χ1) is 11.0. The molecule has 3 N–H and O–H groups in total. The number of nitrogens with two attached hydrogens (primary N) is 1. The molecule has 0 spiro atoms. The number of hydrogen-bond donors (Lipinski definition) is 2. The third kappa shape index (κ3) is 2.83. The molecule has 3 rings (SSSR count). The zero-order valence-electron chi connectivity index (χ0n) is 12.5. The monoisotopic (exact) mass is 423 g/mol. The first kappa shape index (κ1) is 15.6. The summed E-state index contributed by atoms with van der Waals surface area (Å²) in [5.74, 6) is 1.55. The van der Waals surface area contributed by atoms with E-state index in [2.05, 4.69) is 32.6 Å². The van der Waals surface area contributed by atoms with E-state index in [1.54, 1.807) is 32.4 Å². The molecule has 6 nitrogen and oxygen atoms in total. The Kier molecular flexibility index (Phi) is 4.12. The number of nitrogen functional groups attached to an aromatic ring is 1. The van der Waals surface area contributed by atoms with Crippen molar-refractivity contribution in [3.8, 4) is 28.5 Å². The van der Waals surface area contributed by atoms with E-state index < -0.39 is 0 Å². The predicted molar refractivity (Wildman–Crippen MR) is 96.9 cm³/mol. The van der Waals surface area contributed by atoms with E-state index in [1.807, 2.05) is 12.1 Å². The quantitative estimate of drug-likeness (QED) is 0.629. The minimum atomic E-state index is 0.169. The van der Waals surface area contributed by atoms with E-state index in [1.165, 1.54) is 0 Å². The molecule has 0 atom stereocenters. The number of anilines is 1. The SMILES string of the molecule is COc1cc2nc(N)nc(-c3ccc(O)c(I)c3)c2cc1OC. The summed E-state index contributed by atoms with van der Waals surface area (Å²) >= 11 is 2.07. The first-order valence-electron chi connectivity index (χ1n) is 6.71. The fourth-order valence-corrected chi connectivity index (χ4v) is 2.86. The van der Waals surface area contributed by atoms with Crippen LogP contribution in [0.15, 0.2) is 30.3 Å². The Bertz CT molecular complexity index is 899. The highest BCUT2D eigenvalue weighted by Crippen LogP contribution is 2.36. The number of aromatic hydroxyl groups is 1. The van der Waals surface area contributed by atoms with E-state index in [-0.39, 0.29) is 11.7 Å². The Morgan fingerprint density at radius 2 is 1.74 bits per heavy atom. The highest BCUT2D eigenvalue weighted by atomic mass is 127. The molecule has 118 valence electrons. The highest BCUT2D eigenvalue weighted by Gasteiger charge is 2.14. The minimum Gasteiger partial charge on any atom is -0.507 e. The molecule has 0 saturated carbocycles. The molecule has 0 aliphatic carbocycles. The van der Waals surface area contributed by atoms with Gasteiger partial charge in [0.15, 0.2) is 11.5 Å². The summed E-state index contributed by atoms with van der Waals surface area (Å²) in [5, 5.41) is 10.5. The van der Waals surface area contributed by atoms with Crippen LogP contribution in [0, 0.1) is 3.57 Å². The molecule has 2 aromatic carbocycles. The van der Waals surface area contributed by atoms with Crippen molar-refractivity contribution in [1.82, 2.24) is 9.97 Å². The lowest BCUT2D eigenvalue weighted by atomic mass is 10.1. The smallest absolute Gasteiger partial charge is 0.221 e. The van der Waals surface area contributed by atoms with Crippen molar-refractivity contribution in [2.45, 2.75) is 0 Å². The Labute approximate surface area is 146 Å². The molecule has 1 aromatic heterocycles. The average molecular weight is 423 g/mol. The largest absolute Gasteiger partial charge is 0.507 e. The number of nitrogens with zero attached hydrogens (tertiary/aromatic N) is 2. The van der Waals surface area contributed by atoms with Crippen molar-refractivity contribution in [2.75, 3.05) is 20.0 Å². The van der Waals surface area contributed by atoms with Crippen molar-refractivity contribution in [3.63, 3.8) is 0 Å². The van der Waals surface area contributed by atoms with Gasteiger partial charge in [-0.1, -0.05) is 0 Å². The van der Waals surface area contributed by atoms with Crippen LogP contribution in [-0.4, -0.2) is 29.3 Å². The van der Waals surface area contributed by atoms with E-state index in [0.29, 0.717) is 22.7 Å². The molecule has 0 fully saturated rings. The summed E-state index contributed by atoms with van der Waals surface area (Å²) in [6.07, 6.45) is 0. The standard InChI is InChI=1S/C16H14IN3O3/c1-22-13-6-9-11(7-14(13)23-2)19-16(18)20-15(9)8-3-4-12(21)10(17)5-8/h3-7,21H,1-2H3,(H2,18,19,20). The zero-order chi connectivity index (χ0) is 16.6. The number of methoxy groups -OCH3 is 2. The van der Waals surface area contributed by atoms with Gasteiger partial charge >= 0.3 is 0 Å². The van der Waals surface area contributed by atoms with E-state index in [4.69, 9.17) is 15.2 Å². The van der Waals surface area contributed by atoms with Gasteiger partial charge in [0.05, 0.1) is 29.0 Å². The summed E-state index contributed by atoms with van der Waals surface area (Å²) in [6, 6.07) is 8.84. The fourth-order valence-electron chi connectivity index (χ4n) is 2.35. The molecule has 0 unspecified atom stereocenters. The van der Waals surface area contributed by atoms with Crippen LogP contribution in [0.1, 0.15) is 0 Å². The van der Waals surface area contributed by atoms with Gasteiger partial charge in [0.1, 0.15) is 5.75 Å². The second kappa shape index (κ2) is 6.07. The van der Waals surface area contributed by atoms with Gasteiger partial charge in [-0.2, -0.15) is 0 Å². The molecule has 0 aliphatic rings. The number of ether oxygens (including phenoxy) is 2. The molecule has 1 heterocycles. The Morgan fingerprint density at radius 1 is 1.04 bits per heavy atom. The van der Waals surface area contributed by atoms with Crippen molar-refractivity contribution in [1.29, 1.82) is 0 Å². The predicted octanol–water partition coefficient (Wildman–Crippen LogP) is 3.21. The minimum absolute atomic E-state index is 0.169. The number of halogens is 1. The second-order valence-electron chi connectivity index (χ2n) is 4.82. The third-order valence-electron chi connectivity index (χ3n) is 3.44. The number of fused-ring (bicyclic) bond motifs is 1. The van der Waals surface area contributed by atoms with Crippen LogP contribution in [0.5, 0.6) is 17.2 Å². The first-order valence-corrected chi connectivity index (χ1v) is 7.79. The van der Waals surface area contributed by atoms with E-state index in [0.717, 1.165) is 14.5 Å². The molecule has 0 bridgehead atoms. The lowest BCUT2D eigenvalue weighted by Crippen LogP contribution is -2.00. The lowest BCUT2D eigenvalue weighted by molar-refractivity contribution is 0.356. The molecule has 0 saturated heterocycles. The van der Waals surface area contributed by atoms with Crippen LogP contribution in [0.25, 0.3) is 22.2 Å². The summed E-state index contributed by atoms with van der Waals surface area (Å²) in [6.45, 7) is 0. The molecular weight excluding hydrogens is 409 g/mol. The van der Waals surface area contributed by atoms with Gasteiger partial charge in [-0.25, -0.2) is 9.97 Å². The van der Waals surface area contributed by atoms with Crippen LogP contribution in [-0.2, 0) is 0 Å². The van der Waals surface area contributed by atoms with Crippen molar-refractivity contribution in [2.24, 2.45) is 0 Å². The zero-order valence-corrected chi connectivity index (χ0v) is 14.7. The third-order valence-corrected chi connectivity index (χ3v) is 4.30. The van der Waals surface area contributed by atoms with E-state index in [9.17, 15) is 5.11 Å². The number of benzene rings is 2. The molecule has 3 aromatic rings. The van der Waals surface area contributed by atoms with Gasteiger partial charge in [0.25, 0.3) is 0 Å². The molecule has 0 amide bonds. The van der Waals surface area contributed by atoms with Crippen LogP contribution in [0.3, 0.4) is 0 Å². The number of phenolic OH excluding ortho intramolecular Hbond substituents is 1. The average Bonchev–Trinajstić information content (AvgIpc) is 2.55. The molecule has 23 heavy (non-hydrogen) atoms. The van der Waals surface area contributed by atoms with Crippen LogP contribution >= 0.6 is 22.6 Å². The normalized spacial score (nSPS) is 10.7. The van der Waals surface area contributed by atoms with Gasteiger partial charge < -0.3 is 20.3 Å². The summed E-state index contributed by atoms with van der Waals surface area (Å²) in [4.78, 5) is 8.62. The summed E-state index contributed by atoms with van der Waals surface area (Å²) in [5.41, 5.74) is 8.01. The van der Waals surface area contributed by atoms with Gasteiger partial charge in [-0.15, -0.1) is 0 Å². The Balaban J connectivity index is 2.32. The topological polar surface area (TPSA) is 90.5 Å². The molecule has 0 aliphatic heterocycles. The summed E-state index contributed by atoms with van der Waals surface area (Å²) < 4.78 is 11.4. The van der Waals surface area contributed by atoms with Crippen molar-refractivity contribution >= 4 is 39.4 Å². The summed E-state index contributed by atoms with van der Waals surface area (Å²) in [7, 11) is 3.14. The van der Waals surface area contributed by atoms with Crippen molar-refractivity contribution in [3.05, 3.63) is 33.9 Å². The lowest BCUT2D eigenvalue weighted by Gasteiger charge is -2.12. The maximum Gasteiger partial charge on any atom is 0.221 e. The van der Waals surface area contributed by atoms with Crippen LogP contribution in [0.4, 0.5) is 5.95 Å². The number of aromatic nitrogens is 2. The number of rotatable bonds is 3. The maximum absolute atomic E-state index is 9.71. The Hall–Kier alpha value is -2.29. The van der Waals surface area contributed by atoms with Gasteiger partial charge in [0, 0.05) is 17.0 Å². The molecule has 7 heteroatoms. The van der Waals surface area contributed by atoms with Gasteiger partial charge in [0.2, 0.25) is 5.95 Å². The number of hydrogen-bond acceptors (Lipinski definition) is 6. The van der Waals surface area contributed by atoms with Gasteiger partial charge in [-0.3, -0.25) is 0 Å². The fraction of sp³-hybridized carbons (Fsp3) is 0.125. The molecule has 0 radical (unpaired) electrons. The maximum atomic E-state index is 9.71.